The molecule has 0 aromatic carbocycles. The average molecular weight is 282 g/mol. The predicted octanol–water partition coefficient (Wildman–Crippen LogP) is 2.55. The molecule has 1 unspecified atom stereocenters. The number of nitrogens with one attached hydrogen (secondary N) is 1. The first-order valence-electron chi connectivity index (χ1n) is 6.48. The lowest BCUT2D eigenvalue weighted by Crippen LogP contribution is -2.26. The van der Waals surface area contributed by atoms with Crippen molar-refractivity contribution in [3.05, 3.63) is 35.1 Å². The van der Waals surface area contributed by atoms with E-state index in [9.17, 15) is 0 Å². The Labute approximate surface area is 118 Å². The molecule has 0 aliphatic heterocycles. The van der Waals surface area contributed by atoms with Gasteiger partial charge in [-0.05, 0) is 20.4 Å². The fraction of sp³-hybridized carbons (Fsp3) is 0.538. The third kappa shape index (κ3) is 2.82. The van der Waals surface area contributed by atoms with E-state index in [0.29, 0.717) is 5.02 Å². The first-order valence-corrected chi connectivity index (χ1v) is 6.86. The standard InChI is InChI=1S/C13H20ClN5/c1-5-15-12(11-7-18(4)8-16-11)13-10(14)6-17-19(13)9(2)3/h6-9,12,15H,5H2,1-4H3. The van der Waals surface area contributed by atoms with Crippen LogP contribution in [0.4, 0.5) is 0 Å². The van der Waals surface area contributed by atoms with Crippen molar-refractivity contribution in [1.82, 2.24) is 24.6 Å². The van der Waals surface area contributed by atoms with Crippen LogP contribution in [0.15, 0.2) is 18.7 Å². The highest BCUT2D eigenvalue weighted by molar-refractivity contribution is 6.31. The third-order valence-corrected chi connectivity index (χ3v) is 3.27. The zero-order chi connectivity index (χ0) is 14.0. The molecule has 1 atom stereocenters. The largest absolute Gasteiger partial charge is 0.340 e. The summed E-state index contributed by atoms with van der Waals surface area (Å²) in [4.78, 5) is 4.43. The van der Waals surface area contributed by atoms with Gasteiger partial charge in [0.1, 0.15) is 0 Å². The maximum Gasteiger partial charge on any atom is 0.0952 e. The molecule has 0 aliphatic carbocycles. The Bertz CT molecular complexity index is 543. The van der Waals surface area contributed by atoms with Crippen molar-refractivity contribution < 1.29 is 0 Å². The van der Waals surface area contributed by atoms with Crippen molar-refractivity contribution >= 4 is 11.6 Å². The van der Waals surface area contributed by atoms with E-state index in [2.05, 4.69) is 36.2 Å². The number of rotatable bonds is 5. The van der Waals surface area contributed by atoms with E-state index in [1.165, 1.54) is 0 Å². The molecule has 2 rings (SSSR count). The fourth-order valence-electron chi connectivity index (χ4n) is 2.16. The maximum absolute atomic E-state index is 6.32. The van der Waals surface area contributed by atoms with Crippen LogP contribution >= 0.6 is 11.6 Å². The second-order valence-electron chi connectivity index (χ2n) is 4.87. The van der Waals surface area contributed by atoms with Gasteiger partial charge in [0.05, 0.1) is 35.0 Å². The topological polar surface area (TPSA) is 47.7 Å². The van der Waals surface area contributed by atoms with Crippen molar-refractivity contribution in [3.8, 4) is 0 Å². The second-order valence-corrected chi connectivity index (χ2v) is 5.28. The van der Waals surface area contributed by atoms with E-state index < -0.39 is 0 Å². The molecule has 6 heteroatoms. The number of aromatic nitrogens is 4. The Morgan fingerprint density at radius 1 is 1.42 bits per heavy atom. The van der Waals surface area contributed by atoms with Crippen molar-refractivity contribution in [3.63, 3.8) is 0 Å². The molecule has 5 nitrogen and oxygen atoms in total. The predicted molar refractivity (Wildman–Crippen MR) is 76.3 cm³/mol. The summed E-state index contributed by atoms with van der Waals surface area (Å²) >= 11 is 6.32. The lowest BCUT2D eigenvalue weighted by Gasteiger charge is -2.20. The molecule has 0 fully saturated rings. The first-order chi connectivity index (χ1) is 9.04. The smallest absolute Gasteiger partial charge is 0.0952 e. The van der Waals surface area contributed by atoms with E-state index in [4.69, 9.17) is 11.6 Å². The summed E-state index contributed by atoms with van der Waals surface area (Å²) in [5.41, 5.74) is 1.92. The Balaban J connectivity index is 2.47. The highest BCUT2D eigenvalue weighted by Crippen LogP contribution is 2.29. The van der Waals surface area contributed by atoms with E-state index in [1.54, 1.807) is 12.5 Å². The van der Waals surface area contributed by atoms with Crippen molar-refractivity contribution in [2.24, 2.45) is 7.05 Å². The van der Waals surface area contributed by atoms with Gasteiger partial charge in [0.15, 0.2) is 0 Å². The quantitative estimate of drug-likeness (QED) is 0.916. The molecule has 0 spiro atoms. The van der Waals surface area contributed by atoms with Gasteiger partial charge >= 0.3 is 0 Å². The first kappa shape index (κ1) is 14.1. The minimum Gasteiger partial charge on any atom is -0.340 e. The number of halogens is 1. The minimum absolute atomic E-state index is 0.0383. The van der Waals surface area contributed by atoms with Crippen LogP contribution in [-0.2, 0) is 7.05 Å². The average Bonchev–Trinajstić information content (AvgIpc) is 2.93. The van der Waals surface area contributed by atoms with Gasteiger partial charge in [0, 0.05) is 19.3 Å². The molecular weight excluding hydrogens is 262 g/mol. The Hall–Kier alpha value is -1.33. The monoisotopic (exact) mass is 281 g/mol. The molecule has 104 valence electrons. The van der Waals surface area contributed by atoms with Gasteiger partial charge in [-0.2, -0.15) is 5.10 Å². The lowest BCUT2D eigenvalue weighted by molar-refractivity contribution is 0.473. The van der Waals surface area contributed by atoms with Crippen LogP contribution in [-0.4, -0.2) is 25.9 Å². The molecule has 19 heavy (non-hydrogen) atoms. The van der Waals surface area contributed by atoms with Gasteiger partial charge in [-0.15, -0.1) is 0 Å². The molecule has 0 aliphatic rings. The molecule has 0 bridgehead atoms. The highest BCUT2D eigenvalue weighted by Gasteiger charge is 2.24. The molecule has 0 saturated carbocycles. The Morgan fingerprint density at radius 3 is 2.68 bits per heavy atom. The third-order valence-electron chi connectivity index (χ3n) is 2.98. The van der Waals surface area contributed by atoms with Crippen LogP contribution < -0.4 is 5.32 Å². The van der Waals surface area contributed by atoms with Crippen LogP contribution in [0.25, 0.3) is 0 Å². The number of aryl methyl sites for hydroxylation is 1. The molecule has 0 amide bonds. The minimum atomic E-state index is -0.0383. The number of hydrogen-bond acceptors (Lipinski definition) is 3. The molecular formula is C13H20ClN5. The SMILES string of the molecule is CCNC(c1cn(C)cn1)c1c(Cl)cnn1C(C)C. The highest BCUT2D eigenvalue weighted by atomic mass is 35.5. The maximum atomic E-state index is 6.32. The molecule has 0 radical (unpaired) electrons. The number of nitrogens with zero attached hydrogens (tertiary/aromatic N) is 4. The van der Waals surface area contributed by atoms with E-state index in [0.717, 1.165) is 17.9 Å². The summed E-state index contributed by atoms with van der Waals surface area (Å²) in [6.07, 6.45) is 5.50. The summed E-state index contributed by atoms with van der Waals surface area (Å²) in [6, 6.07) is 0.218. The van der Waals surface area contributed by atoms with Gasteiger partial charge in [-0.1, -0.05) is 18.5 Å². The summed E-state index contributed by atoms with van der Waals surface area (Å²) in [6.45, 7) is 7.09. The van der Waals surface area contributed by atoms with E-state index in [-0.39, 0.29) is 12.1 Å². The van der Waals surface area contributed by atoms with Crippen LogP contribution in [0.2, 0.25) is 5.02 Å². The van der Waals surface area contributed by atoms with Gasteiger partial charge < -0.3 is 9.88 Å². The van der Waals surface area contributed by atoms with E-state index in [1.807, 2.05) is 22.5 Å². The van der Waals surface area contributed by atoms with Crippen LogP contribution in [0.3, 0.4) is 0 Å². The van der Waals surface area contributed by atoms with Crippen LogP contribution in [0.5, 0.6) is 0 Å². The van der Waals surface area contributed by atoms with Gasteiger partial charge in [0.2, 0.25) is 0 Å². The normalized spacial score (nSPS) is 13.2. The number of hydrogen-bond donors (Lipinski definition) is 1. The van der Waals surface area contributed by atoms with Crippen molar-refractivity contribution in [1.29, 1.82) is 0 Å². The van der Waals surface area contributed by atoms with Crippen molar-refractivity contribution in [2.75, 3.05) is 6.54 Å². The van der Waals surface area contributed by atoms with Gasteiger partial charge in [-0.25, -0.2) is 4.98 Å². The Kier molecular flexibility index (Phi) is 4.27. The second kappa shape index (κ2) is 5.75. The Morgan fingerprint density at radius 2 is 2.16 bits per heavy atom. The van der Waals surface area contributed by atoms with Gasteiger partial charge in [-0.3, -0.25) is 4.68 Å². The zero-order valence-corrected chi connectivity index (χ0v) is 12.5. The summed E-state index contributed by atoms with van der Waals surface area (Å²) in [5.74, 6) is 0. The molecule has 2 heterocycles. The molecule has 2 aromatic heterocycles. The lowest BCUT2D eigenvalue weighted by atomic mass is 10.1. The van der Waals surface area contributed by atoms with Crippen LogP contribution in [0, 0.1) is 0 Å². The fourth-order valence-corrected chi connectivity index (χ4v) is 2.40. The summed E-state index contributed by atoms with van der Waals surface area (Å²) in [7, 11) is 1.96. The molecule has 1 N–H and O–H groups in total. The molecule has 2 aromatic rings. The van der Waals surface area contributed by atoms with E-state index >= 15 is 0 Å². The summed E-state index contributed by atoms with van der Waals surface area (Å²) < 4.78 is 3.88. The van der Waals surface area contributed by atoms with Gasteiger partial charge in [0.25, 0.3) is 0 Å². The zero-order valence-electron chi connectivity index (χ0n) is 11.8. The summed E-state index contributed by atoms with van der Waals surface area (Å²) in [5, 5.41) is 8.46. The van der Waals surface area contributed by atoms with Crippen molar-refractivity contribution in [2.45, 2.75) is 32.9 Å². The van der Waals surface area contributed by atoms with Crippen LogP contribution in [0.1, 0.15) is 44.2 Å². The molecule has 0 saturated heterocycles. The number of imidazole rings is 1.